The summed E-state index contributed by atoms with van der Waals surface area (Å²) in [5.41, 5.74) is 1.92. The fraction of sp³-hybridized carbons (Fsp3) is 0.333. The molecule has 0 aliphatic carbocycles. The molecule has 2 aromatic rings. The Morgan fingerprint density at radius 1 is 1.36 bits per heavy atom. The number of hydrogen-bond acceptors (Lipinski definition) is 4. The summed E-state index contributed by atoms with van der Waals surface area (Å²) < 4.78 is 28.2. The monoisotopic (exact) mass is 318 g/mol. The highest BCUT2D eigenvalue weighted by Crippen LogP contribution is 2.15. The Balaban J connectivity index is 2.17. The molecular formula is C15H18N4O2S. The van der Waals surface area contributed by atoms with Crippen molar-refractivity contribution in [1.29, 1.82) is 5.26 Å². The maximum absolute atomic E-state index is 12.6. The Bertz CT molecular complexity index is 790. The van der Waals surface area contributed by atoms with Gasteiger partial charge in [-0.2, -0.15) is 14.7 Å². The molecule has 0 amide bonds. The van der Waals surface area contributed by atoms with Gasteiger partial charge < -0.3 is 0 Å². The van der Waals surface area contributed by atoms with Crippen LogP contribution in [0.1, 0.15) is 23.6 Å². The third kappa shape index (κ3) is 3.93. The molecule has 1 aromatic heterocycles. The molecule has 0 saturated carbocycles. The van der Waals surface area contributed by atoms with Crippen molar-refractivity contribution in [2.45, 2.75) is 19.2 Å². The van der Waals surface area contributed by atoms with Crippen LogP contribution in [-0.4, -0.2) is 29.0 Å². The van der Waals surface area contributed by atoms with Crippen LogP contribution in [0.25, 0.3) is 0 Å². The normalized spacial score (nSPS) is 11.5. The van der Waals surface area contributed by atoms with Crippen LogP contribution in [0, 0.1) is 11.3 Å². The number of aromatic nitrogens is 2. The van der Waals surface area contributed by atoms with Gasteiger partial charge in [0.1, 0.15) is 0 Å². The Hall–Kier alpha value is -2.17. The van der Waals surface area contributed by atoms with E-state index in [1.54, 1.807) is 55.3 Å². The van der Waals surface area contributed by atoms with Crippen LogP contribution in [0.3, 0.4) is 0 Å². The molecule has 0 N–H and O–H groups in total. The zero-order chi connectivity index (χ0) is 16.2. The van der Waals surface area contributed by atoms with Crippen molar-refractivity contribution in [3.8, 4) is 6.07 Å². The lowest BCUT2D eigenvalue weighted by Gasteiger charge is -2.19. The van der Waals surface area contributed by atoms with E-state index in [1.807, 2.05) is 6.07 Å². The third-order valence-electron chi connectivity index (χ3n) is 3.27. The standard InChI is InChI=1S/C15H18N4O2S/c1-3-19(11-15-9-17-18(2)10-15)22(20,21)12-14-6-4-5-13(7-14)8-16/h4-7,9-10H,3,11-12H2,1-2H3. The van der Waals surface area contributed by atoms with Crippen molar-refractivity contribution >= 4 is 10.0 Å². The number of rotatable bonds is 6. The minimum atomic E-state index is -3.45. The summed E-state index contributed by atoms with van der Waals surface area (Å²) in [4.78, 5) is 0. The minimum Gasteiger partial charge on any atom is -0.275 e. The zero-order valence-corrected chi connectivity index (χ0v) is 13.4. The molecule has 0 atom stereocenters. The number of aryl methyl sites for hydroxylation is 1. The Kier molecular flexibility index (Phi) is 4.96. The maximum Gasteiger partial charge on any atom is 0.218 e. The lowest BCUT2D eigenvalue weighted by atomic mass is 10.2. The summed E-state index contributed by atoms with van der Waals surface area (Å²) in [6.07, 6.45) is 3.46. The molecule has 0 radical (unpaired) electrons. The fourth-order valence-electron chi connectivity index (χ4n) is 2.20. The van der Waals surface area contributed by atoms with Gasteiger partial charge in [0.15, 0.2) is 0 Å². The van der Waals surface area contributed by atoms with Crippen LogP contribution in [0.2, 0.25) is 0 Å². The van der Waals surface area contributed by atoms with Gasteiger partial charge in [-0.1, -0.05) is 19.1 Å². The molecule has 7 heteroatoms. The highest BCUT2D eigenvalue weighted by atomic mass is 32.2. The number of hydrogen-bond donors (Lipinski definition) is 0. The van der Waals surface area contributed by atoms with Crippen molar-refractivity contribution in [3.05, 3.63) is 53.3 Å². The SMILES string of the molecule is CCN(Cc1cnn(C)c1)S(=O)(=O)Cc1cccc(C#N)c1. The second-order valence-electron chi connectivity index (χ2n) is 5.02. The van der Waals surface area contributed by atoms with Gasteiger partial charge in [0, 0.05) is 31.9 Å². The highest BCUT2D eigenvalue weighted by molar-refractivity contribution is 7.88. The second kappa shape index (κ2) is 6.73. The fourth-order valence-corrected chi connectivity index (χ4v) is 3.72. The van der Waals surface area contributed by atoms with E-state index >= 15 is 0 Å². The molecule has 0 saturated heterocycles. The second-order valence-corrected chi connectivity index (χ2v) is 6.99. The molecule has 1 heterocycles. The summed E-state index contributed by atoms with van der Waals surface area (Å²) in [5, 5.41) is 12.9. The predicted molar refractivity (Wildman–Crippen MR) is 83.1 cm³/mol. The topological polar surface area (TPSA) is 79.0 Å². The number of benzene rings is 1. The molecule has 0 spiro atoms. The van der Waals surface area contributed by atoms with E-state index in [0.717, 1.165) is 5.56 Å². The zero-order valence-electron chi connectivity index (χ0n) is 12.6. The summed E-state index contributed by atoms with van der Waals surface area (Å²) in [5.74, 6) is -0.114. The lowest BCUT2D eigenvalue weighted by Crippen LogP contribution is -2.31. The highest BCUT2D eigenvalue weighted by Gasteiger charge is 2.21. The smallest absolute Gasteiger partial charge is 0.218 e. The first-order valence-electron chi connectivity index (χ1n) is 6.89. The summed E-state index contributed by atoms with van der Waals surface area (Å²) >= 11 is 0. The average Bonchev–Trinajstić information content (AvgIpc) is 2.89. The van der Waals surface area contributed by atoms with Crippen LogP contribution >= 0.6 is 0 Å². The number of nitriles is 1. The molecule has 116 valence electrons. The Morgan fingerprint density at radius 2 is 2.14 bits per heavy atom. The van der Waals surface area contributed by atoms with E-state index in [-0.39, 0.29) is 5.75 Å². The lowest BCUT2D eigenvalue weighted by molar-refractivity contribution is 0.422. The molecule has 22 heavy (non-hydrogen) atoms. The first kappa shape index (κ1) is 16.2. The van der Waals surface area contributed by atoms with Gasteiger partial charge in [0.05, 0.1) is 23.6 Å². The van der Waals surface area contributed by atoms with Gasteiger partial charge in [0.25, 0.3) is 0 Å². The number of nitrogens with zero attached hydrogens (tertiary/aromatic N) is 4. The van der Waals surface area contributed by atoms with Crippen LogP contribution in [0.4, 0.5) is 0 Å². The molecule has 0 aliphatic rings. The van der Waals surface area contributed by atoms with E-state index in [9.17, 15) is 8.42 Å². The van der Waals surface area contributed by atoms with E-state index in [4.69, 9.17) is 5.26 Å². The van der Waals surface area contributed by atoms with E-state index < -0.39 is 10.0 Å². The van der Waals surface area contributed by atoms with Gasteiger partial charge in [-0.3, -0.25) is 4.68 Å². The Labute approximate surface area is 130 Å². The van der Waals surface area contributed by atoms with Gasteiger partial charge in [0.2, 0.25) is 10.0 Å². The largest absolute Gasteiger partial charge is 0.275 e. The third-order valence-corrected chi connectivity index (χ3v) is 5.14. The molecule has 1 aromatic carbocycles. The van der Waals surface area contributed by atoms with Crippen molar-refractivity contribution in [2.24, 2.45) is 7.05 Å². The molecule has 0 fully saturated rings. The quantitative estimate of drug-likeness (QED) is 0.811. The van der Waals surface area contributed by atoms with Crippen molar-refractivity contribution in [2.75, 3.05) is 6.54 Å². The molecule has 0 aliphatic heterocycles. The van der Waals surface area contributed by atoms with Gasteiger partial charge in [-0.05, 0) is 17.7 Å². The van der Waals surface area contributed by atoms with Crippen LogP contribution in [-0.2, 0) is 29.4 Å². The average molecular weight is 318 g/mol. The van der Waals surface area contributed by atoms with E-state index in [1.165, 1.54) is 4.31 Å². The van der Waals surface area contributed by atoms with Gasteiger partial charge >= 0.3 is 0 Å². The minimum absolute atomic E-state index is 0.114. The van der Waals surface area contributed by atoms with E-state index in [0.29, 0.717) is 24.2 Å². The van der Waals surface area contributed by atoms with Crippen LogP contribution < -0.4 is 0 Å². The summed E-state index contributed by atoms with van der Waals surface area (Å²) in [6.45, 7) is 2.49. The first-order chi connectivity index (χ1) is 10.4. The molecule has 0 unspecified atom stereocenters. The number of sulfonamides is 1. The van der Waals surface area contributed by atoms with Crippen LogP contribution in [0.5, 0.6) is 0 Å². The van der Waals surface area contributed by atoms with Crippen molar-refractivity contribution < 1.29 is 8.42 Å². The molecule has 0 bridgehead atoms. The van der Waals surface area contributed by atoms with Crippen LogP contribution in [0.15, 0.2) is 36.7 Å². The van der Waals surface area contributed by atoms with Crippen molar-refractivity contribution in [1.82, 2.24) is 14.1 Å². The van der Waals surface area contributed by atoms with E-state index in [2.05, 4.69) is 5.10 Å². The summed E-state index contributed by atoms with van der Waals surface area (Å²) in [7, 11) is -1.66. The summed E-state index contributed by atoms with van der Waals surface area (Å²) in [6, 6.07) is 8.70. The molecular weight excluding hydrogens is 300 g/mol. The maximum atomic E-state index is 12.6. The van der Waals surface area contributed by atoms with Crippen molar-refractivity contribution in [3.63, 3.8) is 0 Å². The predicted octanol–water partition coefficient (Wildman–Crippen LogP) is 1.64. The van der Waals surface area contributed by atoms with Gasteiger partial charge in [-0.15, -0.1) is 0 Å². The van der Waals surface area contributed by atoms with Gasteiger partial charge in [-0.25, -0.2) is 8.42 Å². The molecule has 6 nitrogen and oxygen atoms in total. The Morgan fingerprint density at radius 3 is 2.73 bits per heavy atom. The molecule has 2 rings (SSSR count). The first-order valence-corrected chi connectivity index (χ1v) is 8.50.